The Labute approximate surface area is 130 Å². The van der Waals surface area contributed by atoms with E-state index in [1.54, 1.807) is 18.2 Å². The van der Waals surface area contributed by atoms with Gasteiger partial charge in [-0.3, -0.25) is 4.79 Å². The molecule has 1 aliphatic rings. The van der Waals surface area contributed by atoms with Gasteiger partial charge < -0.3 is 15.0 Å². The third-order valence-electron chi connectivity index (χ3n) is 4.34. The Balaban J connectivity index is 2.12. The second kappa shape index (κ2) is 5.56. The van der Waals surface area contributed by atoms with E-state index in [0.717, 1.165) is 17.5 Å². The molecule has 23 heavy (non-hydrogen) atoms. The third-order valence-corrected chi connectivity index (χ3v) is 4.34. The third kappa shape index (κ3) is 2.49. The summed E-state index contributed by atoms with van der Waals surface area (Å²) in [5.41, 5.74) is -3.54. The molecule has 124 valence electrons. The zero-order valence-electron chi connectivity index (χ0n) is 12.4. The van der Waals surface area contributed by atoms with E-state index < -0.39 is 23.2 Å². The highest BCUT2D eigenvalue weighted by Crippen LogP contribution is 2.43. The predicted molar refractivity (Wildman–Crippen MR) is 78.7 cm³/mol. The lowest BCUT2D eigenvalue weighted by atomic mass is 9.90. The Hall–Kier alpha value is -2.02. The predicted octanol–water partition coefficient (Wildman–Crippen LogP) is 2.93. The standard InChI is InChI=1S/C16H17F3N2O2/c17-16(18,19)15(23,14(22)21-8-4-1-5-9-21)12-10-20-13-7-3-2-6-11(12)13/h2-3,6-7,10,20,23H,1,4-5,8-9H2/t15-/m1/s1. The van der Waals surface area contributed by atoms with Crippen molar-refractivity contribution in [3.63, 3.8) is 0 Å². The number of carbonyl (C=O) groups is 1. The van der Waals surface area contributed by atoms with Crippen LogP contribution in [0.4, 0.5) is 13.2 Å². The minimum absolute atomic E-state index is 0.192. The number of halogens is 3. The van der Waals surface area contributed by atoms with Gasteiger partial charge >= 0.3 is 6.18 Å². The number of fused-ring (bicyclic) bond motifs is 1. The zero-order chi connectivity index (χ0) is 16.7. The number of rotatable bonds is 2. The smallest absolute Gasteiger partial charge is 0.368 e. The Kier molecular flexibility index (Phi) is 3.83. The molecule has 1 aromatic heterocycles. The van der Waals surface area contributed by atoms with Crippen LogP contribution >= 0.6 is 0 Å². The van der Waals surface area contributed by atoms with Crippen LogP contribution in [-0.2, 0) is 10.4 Å². The summed E-state index contributed by atoms with van der Waals surface area (Å²) in [4.78, 5) is 16.4. The number of aromatic amines is 1. The van der Waals surface area contributed by atoms with Crippen LogP contribution in [-0.4, -0.2) is 40.2 Å². The van der Waals surface area contributed by atoms with Gasteiger partial charge in [-0.2, -0.15) is 13.2 Å². The monoisotopic (exact) mass is 326 g/mol. The Morgan fingerprint density at radius 3 is 2.43 bits per heavy atom. The fourth-order valence-corrected chi connectivity index (χ4v) is 3.09. The number of H-pyrrole nitrogens is 1. The van der Waals surface area contributed by atoms with Gasteiger partial charge in [0.1, 0.15) is 0 Å². The number of aromatic nitrogens is 1. The van der Waals surface area contributed by atoms with Crippen LogP contribution in [0.25, 0.3) is 10.9 Å². The van der Waals surface area contributed by atoms with Gasteiger partial charge in [0.05, 0.1) is 0 Å². The Bertz CT molecular complexity index is 719. The highest BCUT2D eigenvalue weighted by molar-refractivity contribution is 5.94. The molecule has 0 spiro atoms. The second-order valence-corrected chi connectivity index (χ2v) is 5.81. The number of likely N-dealkylation sites (tertiary alicyclic amines) is 1. The number of hydrogen-bond acceptors (Lipinski definition) is 2. The maximum absolute atomic E-state index is 13.7. The number of piperidine rings is 1. The number of para-hydroxylation sites is 1. The molecule has 1 aliphatic heterocycles. The zero-order valence-corrected chi connectivity index (χ0v) is 12.4. The molecule has 4 nitrogen and oxygen atoms in total. The summed E-state index contributed by atoms with van der Waals surface area (Å²) in [5.74, 6) is -1.30. The summed E-state index contributed by atoms with van der Waals surface area (Å²) >= 11 is 0. The SMILES string of the molecule is O=C(N1CCCCC1)[C@](O)(c1c[nH]c2ccccc12)C(F)(F)F. The fraction of sp³-hybridized carbons (Fsp3) is 0.438. The first-order chi connectivity index (χ1) is 10.9. The second-order valence-electron chi connectivity index (χ2n) is 5.81. The molecule has 7 heteroatoms. The highest BCUT2D eigenvalue weighted by atomic mass is 19.4. The van der Waals surface area contributed by atoms with Crippen molar-refractivity contribution in [2.75, 3.05) is 13.1 Å². The maximum atomic E-state index is 13.7. The first-order valence-corrected chi connectivity index (χ1v) is 7.51. The van der Waals surface area contributed by atoms with E-state index >= 15 is 0 Å². The number of carbonyl (C=O) groups excluding carboxylic acids is 1. The lowest BCUT2D eigenvalue weighted by Gasteiger charge is -2.36. The molecule has 2 N–H and O–H groups in total. The van der Waals surface area contributed by atoms with Crippen LogP contribution in [0.1, 0.15) is 24.8 Å². The molecule has 2 aromatic rings. The molecule has 1 saturated heterocycles. The van der Waals surface area contributed by atoms with Crippen molar-refractivity contribution in [3.8, 4) is 0 Å². The molecular formula is C16H17F3N2O2. The van der Waals surface area contributed by atoms with Crippen LogP contribution in [0.3, 0.4) is 0 Å². The lowest BCUT2D eigenvalue weighted by Crippen LogP contribution is -2.56. The van der Waals surface area contributed by atoms with Gasteiger partial charge in [-0.25, -0.2) is 0 Å². The van der Waals surface area contributed by atoms with E-state index in [0.29, 0.717) is 18.4 Å². The summed E-state index contributed by atoms with van der Waals surface area (Å²) in [6, 6.07) is 6.30. The number of amides is 1. The Morgan fingerprint density at radius 1 is 1.13 bits per heavy atom. The van der Waals surface area contributed by atoms with E-state index in [2.05, 4.69) is 4.98 Å². The average Bonchev–Trinajstić information content (AvgIpc) is 2.97. The summed E-state index contributed by atoms with van der Waals surface area (Å²) in [6.45, 7) is 0.471. The van der Waals surface area contributed by atoms with E-state index in [4.69, 9.17) is 0 Å². The summed E-state index contributed by atoms with van der Waals surface area (Å²) in [7, 11) is 0. The van der Waals surface area contributed by atoms with Crippen LogP contribution in [0.5, 0.6) is 0 Å². The minimum atomic E-state index is -5.10. The van der Waals surface area contributed by atoms with Crippen molar-refractivity contribution < 1.29 is 23.1 Å². The maximum Gasteiger partial charge on any atom is 0.430 e. The van der Waals surface area contributed by atoms with Crippen LogP contribution in [0.2, 0.25) is 0 Å². The van der Waals surface area contributed by atoms with E-state index in [1.165, 1.54) is 6.07 Å². The Morgan fingerprint density at radius 2 is 1.78 bits per heavy atom. The van der Waals surface area contributed by atoms with Gasteiger partial charge in [-0.05, 0) is 25.3 Å². The molecule has 1 aromatic carbocycles. The number of alkyl halides is 3. The molecule has 1 amide bonds. The molecular weight excluding hydrogens is 309 g/mol. The first-order valence-electron chi connectivity index (χ1n) is 7.51. The molecule has 0 unspecified atom stereocenters. The fourth-order valence-electron chi connectivity index (χ4n) is 3.09. The van der Waals surface area contributed by atoms with Crippen molar-refractivity contribution in [1.82, 2.24) is 9.88 Å². The van der Waals surface area contributed by atoms with E-state index in [1.807, 2.05) is 0 Å². The van der Waals surface area contributed by atoms with Gasteiger partial charge in [0, 0.05) is 35.8 Å². The quantitative estimate of drug-likeness (QED) is 0.891. The number of benzene rings is 1. The average molecular weight is 326 g/mol. The molecule has 2 heterocycles. The largest absolute Gasteiger partial charge is 0.430 e. The van der Waals surface area contributed by atoms with Crippen LogP contribution in [0, 0.1) is 0 Å². The number of hydrogen-bond donors (Lipinski definition) is 2. The van der Waals surface area contributed by atoms with E-state index in [-0.39, 0.29) is 18.5 Å². The van der Waals surface area contributed by atoms with Crippen molar-refractivity contribution >= 4 is 16.8 Å². The molecule has 0 saturated carbocycles. The van der Waals surface area contributed by atoms with Crippen LogP contribution in [0.15, 0.2) is 30.5 Å². The lowest BCUT2D eigenvalue weighted by molar-refractivity contribution is -0.261. The van der Waals surface area contributed by atoms with Gasteiger partial charge in [-0.15, -0.1) is 0 Å². The van der Waals surface area contributed by atoms with Gasteiger partial charge in [0.2, 0.25) is 0 Å². The van der Waals surface area contributed by atoms with Crippen molar-refractivity contribution in [1.29, 1.82) is 0 Å². The van der Waals surface area contributed by atoms with Crippen molar-refractivity contribution in [2.45, 2.75) is 31.0 Å². The molecule has 0 radical (unpaired) electrons. The van der Waals surface area contributed by atoms with Gasteiger partial charge in [-0.1, -0.05) is 18.2 Å². The normalized spacial score (nSPS) is 18.9. The number of nitrogens with zero attached hydrogens (tertiary/aromatic N) is 1. The first kappa shape index (κ1) is 15.9. The molecule has 0 aliphatic carbocycles. The van der Waals surface area contributed by atoms with Crippen molar-refractivity contribution in [2.24, 2.45) is 0 Å². The molecule has 3 rings (SSSR count). The van der Waals surface area contributed by atoms with Crippen LogP contribution < -0.4 is 0 Å². The van der Waals surface area contributed by atoms with E-state index in [9.17, 15) is 23.1 Å². The topological polar surface area (TPSA) is 56.3 Å². The molecule has 0 bridgehead atoms. The summed E-state index contributed by atoms with van der Waals surface area (Å²) in [5, 5.41) is 10.7. The summed E-state index contributed by atoms with van der Waals surface area (Å²) in [6.07, 6.45) is -1.87. The minimum Gasteiger partial charge on any atom is -0.368 e. The molecule has 1 atom stereocenters. The van der Waals surface area contributed by atoms with Gasteiger partial charge in [0.25, 0.3) is 11.5 Å². The highest BCUT2D eigenvalue weighted by Gasteiger charge is 2.62. The number of aliphatic hydroxyl groups is 1. The van der Waals surface area contributed by atoms with Crippen molar-refractivity contribution in [3.05, 3.63) is 36.0 Å². The number of nitrogens with one attached hydrogen (secondary N) is 1. The summed E-state index contributed by atoms with van der Waals surface area (Å²) < 4.78 is 41.1. The van der Waals surface area contributed by atoms with Gasteiger partial charge in [0.15, 0.2) is 0 Å². The molecule has 1 fully saturated rings.